The molecule has 1 aromatic carbocycles. The fourth-order valence-corrected chi connectivity index (χ4v) is 1.59. The molecule has 0 saturated heterocycles. The molecule has 3 nitrogen and oxygen atoms in total. The van der Waals surface area contributed by atoms with Gasteiger partial charge in [0.1, 0.15) is 0 Å². The Hall–Kier alpha value is -1.06. The highest BCUT2D eigenvalue weighted by molar-refractivity contribution is 5.85. The van der Waals surface area contributed by atoms with Crippen LogP contribution in [0.15, 0.2) is 24.3 Å². The van der Waals surface area contributed by atoms with Gasteiger partial charge in [-0.1, -0.05) is 38.1 Å². The molecular weight excluding hydrogens is 248 g/mol. The van der Waals surface area contributed by atoms with Gasteiger partial charge in [-0.05, 0) is 24.0 Å². The summed E-state index contributed by atoms with van der Waals surface area (Å²) in [6.45, 7) is 6.74. The molecule has 4 heteroatoms. The van der Waals surface area contributed by atoms with Gasteiger partial charge < -0.3 is 11.1 Å². The third-order valence-electron chi connectivity index (χ3n) is 2.64. The highest BCUT2D eigenvalue weighted by Crippen LogP contribution is 2.14. The van der Waals surface area contributed by atoms with Crippen LogP contribution in [-0.4, -0.2) is 11.9 Å². The number of hydrogen-bond acceptors (Lipinski definition) is 2. The van der Waals surface area contributed by atoms with Crippen LogP contribution in [0.2, 0.25) is 0 Å². The smallest absolute Gasteiger partial charge is 0.221 e. The van der Waals surface area contributed by atoms with Crippen molar-refractivity contribution >= 4 is 18.3 Å². The van der Waals surface area contributed by atoms with Crippen molar-refractivity contribution in [2.45, 2.75) is 45.7 Å². The van der Waals surface area contributed by atoms with E-state index in [9.17, 15) is 4.79 Å². The lowest BCUT2D eigenvalue weighted by Gasteiger charge is -2.09. The van der Waals surface area contributed by atoms with E-state index in [0.29, 0.717) is 18.9 Å². The predicted molar refractivity (Wildman–Crippen MR) is 77.9 cm³/mol. The molecule has 3 N–H and O–H groups in total. The van der Waals surface area contributed by atoms with E-state index in [4.69, 9.17) is 5.73 Å². The van der Waals surface area contributed by atoms with Crippen LogP contribution < -0.4 is 11.1 Å². The van der Waals surface area contributed by atoms with Crippen molar-refractivity contribution in [1.29, 1.82) is 0 Å². The summed E-state index contributed by atoms with van der Waals surface area (Å²) in [6, 6.07) is 8.25. The minimum atomic E-state index is -0.0849. The van der Waals surface area contributed by atoms with E-state index in [1.165, 1.54) is 5.56 Å². The van der Waals surface area contributed by atoms with E-state index in [1.807, 2.05) is 6.92 Å². The van der Waals surface area contributed by atoms with Crippen LogP contribution in [0.5, 0.6) is 0 Å². The molecule has 0 aliphatic heterocycles. The SMILES string of the molecule is CC(N)CC(=O)NCc1ccc(C(C)C)cc1.Cl. The number of nitrogens with two attached hydrogens (primary N) is 1. The Bertz CT molecular complexity index is 361. The van der Waals surface area contributed by atoms with Crippen LogP contribution in [-0.2, 0) is 11.3 Å². The fraction of sp³-hybridized carbons (Fsp3) is 0.500. The molecule has 0 spiro atoms. The van der Waals surface area contributed by atoms with Crippen molar-refractivity contribution in [3.05, 3.63) is 35.4 Å². The quantitative estimate of drug-likeness (QED) is 0.864. The third kappa shape index (κ3) is 6.03. The Morgan fingerprint density at radius 2 is 1.78 bits per heavy atom. The van der Waals surface area contributed by atoms with Gasteiger partial charge in [0.25, 0.3) is 0 Å². The number of carbonyl (C=O) groups is 1. The van der Waals surface area contributed by atoms with Gasteiger partial charge in [0, 0.05) is 19.0 Å². The molecule has 0 saturated carbocycles. The molecular formula is C14H23ClN2O. The van der Waals surface area contributed by atoms with Gasteiger partial charge in [-0.15, -0.1) is 12.4 Å². The van der Waals surface area contributed by atoms with Gasteiger partial charge in [0.15, 0.2) is 0 Å². The molecule has 102 valence electrons. The normalized spacial score (nSPS) is 11.8. The number of halogens is 1. The first-order chi connectivity index (χ1) is 7.99. The Balaban J connectivity index is 0.00000289. The van der Waals surface area contributed by atoms with E-state index in [1.54, 1.807) is 0 Å². The monoisotopic (exact) mass is 270 g/mol. The molecule has 0 aromatic heterocycles. The van der Waals surface area contributed by atoms with Crippen LogP contribution in [0.1, 0.15) is 44.2 Å². The first-order valence-electron chi connectivity index (χ1n) is 6.10. The zero-order valence-electron chi connectivity index (χ0n) is 11.3. The molecule has 0 aliphatic carbocycles. The Morgan fingerprint density at radius 3 is 2.22 bits per heavy atom. The highest BCUT2D eigenvalue weighted by atomic mass is 35.5. The first-order valence-corrected chi connectivity index (χ1v) is 6.10. The molecule has 1 aromatic rings. The lowest BCUT2D eigenvalue weighted by molar-refractivity contribution is -0.121. The van der Waals surface area contributed by atoms with Crippen molar-refractivity contribution in [1.82, 2.24) is 5.32 Å². The maximum atomic E-state index is 11.4. The van der Waals surface area contributed by atoms with Gasteiger partial charge >= 0.3 is 0 Å². The summed E-state index contributed by atoms with van der Waals surface area (Å²) < 4.78 is 0. The van der Waals surface area contributed by atoms with Gasteiger partial charge in [-0.2, -0.15) is 0 Å². The number of nitrogens with one attached hydrogen (secondary N) is 1. The maximum absolute atomic E-state index is 11.4. The van der Waals surface area contributed by atoms with Crippen LogP contribution in [0.3, 0.4) is 0 Å². The molecule has 1 unspecified atom stereocenters. The lowest BCUT2D eigenvalue weighted by Crippen LogP contribution is -2.29. The molecule has 0 heterocycles. The van der Waals surface area contributed by atoms with Crippen LogP contribution in [0, 0.1) is 0 Å². The molecule has 0 aliphatic rings. The standard InChI is InChI=1S/C14H22N2O.ClH/c1-10(2)13-6-4-12(5-7-13)9-16-14(17)8-11(3)15;/h4-7,10-11H,8-9,15H2,1-3H3,(H,16,17);1H. The van der Waals surface area contributed by atoms with Crippen molar-refractivity contribution < 1.29 is 4.79 Å². The van der Waals surface area contributed by atoms with E-state index < -0.39 is 0 Å². The van der Waals surface area contributed by atoms with Crippen LogP contribution in [0.4, 0.5) is 0 Å². The average Bonchev–Trinajstić information content (AvgIpc) is 2.26. The third-order valence-corrected chi connectivity index (χ3v) is 2.64. The number of amides is 1. The second-order valence-electron chi connectivity index (χ2n) is 4.85. The van der Waals surface area contributed by atoms with E-state index in [0.717, 1.165) is 5.56 Å². The van der Waals surface area contributed by atoms with E-state index in [-0.39, 0.29) is 24.4 Å². The van der Waals surface area contributed by atoms with Crippen molar-refractivity contribution in [3.63, 3.8) is 0 Å². The van der Waals surface area contributed by atoms with Gasteiger partial charge in [-0.3, -0.25) is 4.79 Å². The first kappa shape index (κ1) is 16.9. The van der Waals surface area contributed by atoms with Crippen molar-refractivity contribution in [3.8, 4) is 0 Å². The van der Waals surface area contributed by atoms with Crippen molar-refractivity contribution in [2.24, 2.45) is 5.73 Å². The molecule has 1 atom stereocenters. The summed E-state index contributed by atoms with van der Waals surface area (Å²) in [5, 5.41) is 2.86. The van der Waals surface area contributed by atoms with Gasteiger partial charge in [0.05, 0.1) is 0 Å². The summed E-state index contributed by atoms with van der Waals surface area (Å²) >= 11 is 0. The minimum Gasteiger partial charge on any atom is -0.352 e. The van der Waals surface area contributed by atoms with Crippen LogP contribution in [0.25, 0.3) is 0 Å². The fourth-order valence-electron chi connectivity index (χ4n) is 1.59. The highest BCUT2D eigenvalue weighted by Gasteiger charge is 2.04. The molecule has 0 fully saturated rings. The number of benzene rings is 1. The lowest BCUT2D eigenvalue weighted by atomic mass is 10.0. The Labute approximate surface area is 116 Å². The predicted octanol–water partition coefficient (Wildman–Crippen LogP) is 2.59. The van der Waals surface area contributed by atoms with Gasteiger partial charge in [-0.25, -0.2) is 0 Å². The van der Waals surface area contributed by atoms with Gasteiger partial charge in [0.2, 0.25) is 5.91 Å². The van der Waals surface area contributed by atoms with E-state index in [2.05, 4.69) is 43.4 Å². The average molecular weight is 271 g/mol. The number of carbonyl (C=O) groups excluding carboxylic acids is 1. The summed E-state index contributed by atoms with van der Waals surface area (Å²) in [7, 11) is 0. The Morgan fingerprint density at radius 1 is 1.22 bits per heavy atom. The molecule has 0 bridgehead atoms. The summed E-state index contributed by atoms with van der Waals surface area (Å²) in [5.74, 6) is 0.546. The van der Waals surface area contributed by atoms with Crippen LogP contribution >= 0.6 is 12.4 Å². The molecule has 0 radical (unpaired) electrons. The second kappa shape index (κ2) is 8.11. The maximum Gasteiger partial charge on any atom is 0.221 e. The molecule has 18 heavy (non-hydrogen) atoms. The molecule has 1 amide bonds. The number of rotatable bonds is 5. The molecule has 1 rings (SSSR count). The minimum absolute atomic E-state index is 0. The summed E-state index contributed by atoms with van der Waals surface area (Å²) in [5.41, 5.74) is 7.99. The number of hydrogen-bond donors (Lipinski definition) is 2. The summed E-state index contributed by atoms with van der Waals surface area (Å²) in [6.07, 6.45) is 0.379. The second-order valence-corrected chi connectivity index (χ2v) is 4.85. The zero-order valence-corrected chi connectivity index (χ0v) is 12.1. The van der Waals surface area contributed by atoms with Crippen molar-refractivity contribution in [2.75, 3.05) is 0 Å². The zero-order chi connectivity index (χ0) is 12.8. The largest absolute Gasteiger partial charge is 0.352 e. The Kier molecular flexibility index (Phi) is 7.64. The summed E-state index contributed by atoms with van der Waals surface area (Å²) in [4.78, 5) is 11.4. The van der Waals surface area contributed by atoms with E-state index >= 15 is 0 Å². The topological polar surface area (TPSA) is 55.1 Å².